The van der Waals surface area contributed by atoms with Gasteiger partial charge in [-0.05, 0) is 50.6 Å². The van der Waals surface area contributed by atoms with E-state index in [1.165, 1.54) is 0 Å². The molecule has 1 aromatic heterocycles. The molecule has 0 aliphatic rings. The number of rotatable bonds is 4. The predicted molar refractivity (Wildman–Crippen MR) is 89.5 cm³/mol. The number of hydrogen-bond donors (Lipinski definition) is 1. The van der Waals surface area contributed by atoms with Crippen LogP contribution in [-0.4, -0.2) is 16.5 Å². The Balaban J connectivity index is 0.00000242. The maximum absolute atomic E-state index is 11.9. The molecule has 0 saturated carbocycles. The van der Waals surface area contributed by atoms with E-state index in [2.05, 4.69) is 10.3 Å². The first-order valence-corrected chi connectivity index (χ1v) is 6.90. The van der Waals surface area contributed by atoms with Crippen LogP contribution in [0.1, 0.15) is 36.7 Å². The molecule has 0 aliphatic heterocycles. The van der Waals surface area contributed by atoms with Crippen molar-refractivity contribution in [1.29, 1.82) is 0 Å². The number of nitrogens with zero attached hydrogens (tertiary/aromatic N) is 1. The zero-order valence-electron chi connectivity index (χ0n) is 13.0. The molecule has 0 bridgehead atoms. The highest BCUT2D eigenvalue weighted by atomic mass is 35.5. The van der Waals surface area contributed by atoms with Gasteiger partial charge in [0, 0.05) is 18.9 Å². The minimum Gasteiger partial charge on any atom is -0.488 e. The Morgan fingerprint density at radius 1 is 1.18 bits per heavy atom. The largest absolute Gasteiger partial charge is 0.488 e. The van der Waals surface area contributed by atoms with Gasteiger partial charge in [-0.1, -0.05) is 12.1 Å². The lowest BCUT2D eigenvalue weighted by atomic mass is 10.1. The molecule has 0 unspecified atom stereocenters. The lowest BCUT2D eigenvalue weighted by Gasteiger charge is -2.21. The maximum atomic E-state index is 11.9. The fraction of sp³-hybridized carbons (Fsp3) is 0.294. The van der Waals surface area contributed by atoms with Gasteiger partial charge in [0.2, 0.25) is 0 Å². The molecule has 0 fully saturated rings. The van der Waals surface area contributed by atoms with Gasteiger partial charge in [0.15, 0.2) is 0 Å². The Labute approximate surface area is 137 Å². The molecule has 0 aliphatic carbocycles. The van der Waals surface area contributed by atoms with Crippen LogP contribution < -0.4 is 10.1 Å². The summed E-state index contributed by atoms with van der Waals surface area (Å²) >= 11 is 0. The van der Waals surface area contributed by atoms with E-state index in [-0.39, 0.29) is 23.9 Å². The van der Waals surface area contributed by atoms with Gasteiger partial charge in [0.05, 0.1) is 5.56 Å². The van der Waals surface area contributed by atoms with Crippen LogP contribution in [0.25, 0.3) is 0 Å². The van der Waals surface area contributed by atoms with Crippen molar-refractivity contribution in [2.24, 2.45) is 0 Å². The van der Waals surface area contributed by atoms with Gasteiger partial charge in [-0.15, -0.1) is 12.4 Å². The summed E-state index contributed by atoms with van der Waals surface area (Å²) in [6, 6.07) is 11.2. The number of carbonyl (C=O) groups excluding carboxylic acids is 1. The summed E-state index contributed by atoms with van der Waals surface area (Å²) in [5, 5.41) is 2.86. The first kappa shape index (κ1) is 18.0. The number of halogens is 1. The molecule has 1 aromatic carbocycles. The van der Waals surface area contributed by atoms with E-state index in [1.807, 2.05) is 45.0 Å². The summed E-state index contributed by atoms with van der Waals surface area (Å²) in [7, 11) is 0. The minimum atomic E-state index is -0.212. The Bertz CT molecular complexity index is 592. The van der Waals surface area contributed by atoms with Crippen molar-refractivity contribution in [2.45, 2.75) is 32.9 Å². The van der Waals surface area contributed by atoms with Crippen LogP contribution in [0.5, 0.6) is 5.75 Å². The molecule has 118 valence electrons. The van der Waals surface area contributed by atoms with Crippen molar-refractivity contribution in [1.82, 2.24) is 10.3 Å². The number of ether oxygens (including phenoxy) is 1. The fourth-order valence-electron chi connectivity index (χ4n) is 1.81. The molecule has 0 atom stereocenters. The topological polar surface area (TPSA) is 51.2 Å². The number of carbonyl (C=O) groups is 1. The van der Waals surface area contributed by atoms with Gasteiger partial charge in [-0.2, -0.15) is 0 Å². The van der Waals surface area contributed by atoms with Crippen LogP contribution in [0.15, 0.2) is 48.8 Å². The summed E-state index contributed by atoms with van der Waals surface area (Å²) in [6.07, 6.45) is 3.19. The molecule has 0 radical (unpaired) electrons. The Morgan fingerprint density at radius 2 is 1.86 bits per heavy atom. The van der Waals surface area contributed by atoms with E-state index in [0.717, 1.165) is 11.3 Å². The van der Waals surface area contributed by atoms with Crippen molar-refractivity contribution in [3.63, 3.8) is 0 Å². The summed E-state index contributed by atoms with van der Waals surface area (Å²) in [5.74, 6) is 0.697. The average Bonchev–Trinajstić information content (AvgIpc) is 2.45. The zero-order valence-corrected chi connectivity index (χ0v) is 13.8. The summed E-state index contributed by atoms with van der Waals surface area (Å²) < 4.78 is 5.76. The molecular formula is C17H21ClN2O2. The van der Waals surface area contributed by atoms with Gasteiger partial charge in [0.25, 0.3) is 5.91 Å². The van der Waals surface area contributed by atoms with Crippen molar-refractivity contribution in [3.8, 4) is 5.75 Å². The average molecular weight is 321 g/mol. The standard InChI is InChI=1S/C17H20N2O2.ClH/c1-17(2,3)21-15-8-6-13(7-9-15)11-19-16(20)14-5-4-10-18-12-14;/h4-10,12H,11H2,1-3H3,(H,19,20);1H. The second-order valence-corrected chi connectivity index (χ2v) is 5.78. The summed E-state index contributed by atoms with van der Waals surface area (Å²) in [4.78, 5) is 15.8. The second kappa shape index (κ2) is 7.80. The molecule has 4 nitrogen and oxygen atoms in total. The van der Waals surface area contributed by atoms with E-state index in [0.29, 0.717) is 12.1 Å². The minimum absolute atomic E-state index is 0. The van der Waals surface area contributed by atoms with E-state index >= 15 is 0 Å². The molecule has 0 saturated heterocycles. The van der Waals surface area contributed by atoms with E-state index in [9.17, 15) is 4.79 Å². The van der Waals surface area contributed by atoms with Crippen LogP contribution in [0, 0.1) is 0 Å². The number of amides is 1. The highest BCUT2D eigenvalue weighted by molar-refractivity contribution is 5.93. The highest BCUT2D eigenvalue weighted by Gasteiger charge is 2.11. The van der Waals surface area contributed by atoms with Crippen molar-refractivity contribution in [3.05, 3.63) is 59.9 Å². The first-order chi connectivity index (χ1) is 9.94. The summed E-state index contributed by atoms with van der Waals surface area (Å²) in [6.45, 7) is 6.50. The molecule has 1 amide bonds. The van der Waals surface area contributed by atoms with Gasteiger partial charge in [0.1, 0.15) is 11.4 Å². The highest BCUT2D eigenvalue weighted by Crippen LogP contribution is 2.18. The monoisotopic (exact) mass is 320 g/mol. The molecule has 1 N–H and O–H groups in total. The van der Waals surface area contributed by atoms with Gasteiger partial charge < -0.3 is 10.1 Å². The molecule has 2 aromatic rings. The zero-order chi connectivity index (χ0) is 15.3. The number of benzene rings is 1. The van der Waals surface area contributed by atoms with E-state index in [4.69, 9.17) is 4.74 Å². The quantitative estimate of drug-likeness (QED) is 0.936. The summed E-state index contributed by atoms with van der Waals surface area (Å²) in [5.41, 5.74) is 1.37. The molecule has 22 heavy (non-hydrogen) atoms. The number of pyridine rings is 1. The number of hydrogen-bond acceptors (Lipinski definition) is 3. The molecule has 2 rings (SSSR count). The Morgan fingerprint density at radius 3 is 2.41 bits per heavy atom. The van der Waals surface area contributed by atoms with Crippen molar-refractivity contribution >= 4 is 18.3 Å². The number of nitrogens with one attached hydrogen (secondary N) is 1. The van der Waals surface area contributed by atoms with Gasteiger partial charge in [-0.3, -0.25) is 9.78 Å². The van der Waals surface area contributed by atoms with Gasteiger partial charge in [-0.25, -0.2) is 0 Å². The van der Waals surface area contributed by atoms with E-state index in [1.54, 1.807) is 24.5 Å². The smallest absolute Gasteiger partial charge is 0.253 e. The lowest BCUT2D eigenvalue weighted by Crippen LogP contribution is -2.23. The van der Waals surface area contributed by atoms with Crippen LogP contribution in [0.3, 0.4) is 0 Å². The Kier molecular flexibility index (Phi) is 6.38. The van der Waals surface area contributed by atoms with Crippen LogP contribution in [0.2, 0.25) is 0 Å². The third-order valence-corrected chi connectivity index (χ3v) is 2.72. The number of aromatic nitrogens is 1. The second-order valence-electron chi connectivity index (χ2n) is 5.78. The van der Waals surface area contributed by atoms with Crippen LogP contribution in [-0.2, 0) is 6.54 Å². The fourth-order valence-corrected chi connectivity index (χ4v) is 1.81. The third kappa shape index (κ3) is 5.74. The van der Waals surface area contributed by atoms with E-state index < -0.39 is 0 Å². The van der Waals surface area contributed by atoms with Crippen LogP contribution >= 0.6 is 12.4 Å². The van der Waals surface area contributed by atoms with Crippen molar-refractivity contribution in [2.75, 3.05) is 0 Å². The predicted octanol–water partition coefficient (Wildman–Crippen LogP) is 3.61. The normalized spacial score (nSPS) is 10.5. The van der Waals surface area contributed by atoms with Crippen molar-refractivity contribution < 1.29 is 9.53 Å². The molecular weight excluding hydrogens is 300 g/mol. The van der Waals surface area contributed by atoms with Crippen LogP contribution in [0.4, 0.5) is 0 Å². The molecule has 1 heterocycles. The lowest BCUT2D eigenvalue weighted by molar-refractivity contribution is 0.0950. The maximum Gasteiger partial charge on any atom is 0.253 e. The van der Waals surface area contributed by atoms with Gasteiger partial charge >= 0.3 is 0 Å². The molecule has 0 spiro atoms. The Hall–Kier alpha value is -2.07. The SMILES string of the molecule is CC(C)(C)Oc1ccc(CNC(=O)c2cccnc2)cc1.Cl. The first-order valence-electron chi connectivity index (χ1n) is 6.90. The third-order valence-electron chi connectivity index (χ3n) is 2.72. The molecule has 5 heteroatoms.